The van der Waals surface area contributed by atoms with Crippen LogP contribution in [0.5, 0.6) is 0 Å². The molecule has 0 aromatic carbocycles. The van der Waals surface area contributed by atoms with Crippen LogP contribution in [-0.2, 0) is 0 Å². The smallest absolute Gasteiger partial charge is 0.0519 e. The van der Waals surface area contributed by atoms with Gasteiger partial charge in [-0.05, 0) is 37.3 Å². The molecule has 0 aliphatic heterocycles. The molecule has 1 rings (SSSR count). The molecule has 0 saturated heterocycles. The van der Waals surface area contributed by atoms with Crippen molar-refractivity contribution in [3.05, 3.63) is 21.4 Å². The van der Waals surface area contributed by atoms with Gasteiger partial charge in [0.25, 0.3) is 0 Å². The molecule has 0 aliphatic carbocycles. The third kappa shape index (κ3) is 2.60. The molecule has 1 aromatic heterocycles. The van der Waals surface area contributed by atoms with Crippen LogP contribution in [-0.4, -0.2) is 0 Å². The van der Waals surface area contributed by atoms with Crippen LogP contribution < -0.4 is 0 Å². The number of hydrogen-bond donors (Lipinski definition) is 0. The van der Waals surface area contributed by atoms with E-state index < -0.39 is 0 Å². The lowest BCUT2D eigenvalue weighted by Crippen LogP contribution is -2.09. The van der Waals surface area contributed by atoms with E-state index in [-0.39, 0.29) is 0 Å². The van der Waals surface area contributed by atoms with Crippen molar-refractivity contribution in [3.63, 3.8) is 0 Å². The average Bonchev–Trinajstić information content (AvgIpc) is 2.42. The predicted octanol–water partition coefficient (Wildman–Crippen LogP) is 5.09. The fourth-order valence-corrected chi connectivity index (χ4v) is 3.89. The van der Waals surface area contributed by atoms with Gasteiger partial charge in [0.05, 0.1) is 4.83 Å². The third-order valence-corrected chi connectivity index (χ3v) is 5.67. The highest BCUT2D eigenvalue weighted by Gasteiger charge is 2.22. The molecule has 0 radical (unpaired) electrons. The standard InChI is InChI=1S/C12H19BrS/c1-7(2)10(5)11(13)12-8(3)6-9(4)14-12/h6-7,10-11H,1-5H3. The molecule has 2 atom stereocenters. The van der Waals surface area contributed by atoms with Crippen LogP contribution in [0.15, 0.2) is 6.07 Å². The molecule has 1 heterocycles. The maximum Gasteiger partial charge on any atom is 0.0519 e. The number of hydrogen-bond acceptors (Lipinski definition) is 1. The summed E-state index contributed by atoms with van der Waals surface area (Å²) in [6.07, 6.45) is 0. The lowest BCUT2D eigenvalue weighted by molar-refractivity contribution is 0.416. The highest BCUT2D eigenvalue weighted by Crippen LogP contribution is 2.40. The lowest BCUT2D eigenvalue weighted by Gasteiger charge is -2.21. The molecule has 0 amide bonds. The number of thiophene rings is 1. The minimum atomic E-state index is 0.515. The van der Waals surface area contributed by atoms with Crippen LogP contribution in [0.3, 0.4) is 0 Å². The molecule has 0 spiro atoms. The Morgan fingerprint density at radius 3 is 2.14 bits per heavy atom. The van der Waals surface area contributed by atoms with Crippen molar-refractivity contribution in [2.75, 3.05) is 0 Å². The quantitative estimate of drug-likeness (QED) is 0.674. The van der Waals surface area contributed by atoms with Crippen LogP contribution in [0.25, 0.3) is 0 Å². The van der Waals surface area contributed by atoms with Crippen molar-refractivity contribution in [2.45, 2.75) is 39.4 Å². The number of halogens is 1. The zero-order chi connectivity index (χ0) is 10.9. The van der Waals surface area contributed by atoms with Gasteiger partial charge in [0.15, 0.2) is 0 Å². The Labute approximate surface area is 99.9 Å². The van der Waals surface area contributed by atoms with Crippen LogP contribution in [0.4, 0.5) is 0 Å². The van der Waals surface area contributed by atoms with Crippen molar-refractivity contribution in [1.29, 1.82) is 0 Å². The number of alkyl halides is 1. The van der Waals surface area contributed by atoms with E-state index in [4.69, 9.17) is 0 Å². The molecule has 0 N–H and O–H groups in total. The summed E-state index contributed by atoms with van der Waals surface area (Å²) in [6, 6.07) is 2.28. The molecule has 80 valence electrons. The normalized spacial score (nSPS) is 15.9. The van der Waals surface area contributed by atoms with E-state index in [9.17, 15) is 0 Å². The summed E-state index contributed by atoms with van der Waals surface area (Å²) in [4.78, 5) is 3.43. The van der Waals surface area contributed by atoms with E-state index in [0.29, 0.717) is 10.7 Å². The first-order chi connectivity index (χ1) is 6.43. The molecule has 0 fully saturated rings. The van der Waals surface area contributed by atoms with Crippen LogP contribution in [0.2, 0.25) is 0 Å². The Hall–Kier alpha value is 0.180. The van der Waals surface area contributed by atoms with Crippen LogP contribution in [0.1, 0.15) is 40.9 Å². The largest absolute Gasteiger partial charge is 0.144 e. The Bertz CT molecular complexity index is 301. The monoisotopic (exact) mass is 274 g/mol. The minimum absolute atomic E-state index is 0.515. The van der Waals surface area contributed by atoms with Crippen molar-refractivity contribution < 1.29 is 0 Å². The number of rotatable bonds is 3. The first-order valence-corrected chi connectivity index (χ1v) is 6.87. The highest BCUT2D eigenvalue weighted by atomic mass is 79.9. The lowest BCUT2D eigenvalue weighted by atomic mass is 9.93. The summed E-state index contributed by atoms with van der Waals surface area (Å²) < 4.78 is 0. The van der Waals surface area contributed by atoms with Gasteiger partial charge in [0, 0.05) is 9.75 Å². The van der Waals surface area contributed by atoms with Gasteiger partial charge in [0.1, 0.15) is 0 Å². The van der Waals surface area contributed by atoms with Gasteiger partial charge in [0.2, 0.25) is 0 Å². The fourth-order valence-electron chi connectivity index (χ4n) is 1.51. The summed E-state index contributed by atoms with van der Waals surface area (Å²) in [5, 5.41) is 0. The first kappa shape index (κ1) is 12.3. The summed E-state index contributed by atoms with van der Waals surface area (Å²) in [6.45, 7) is 11.3. The highest BCUT2D eigenvalue weighted by molar-refractivity contribution is 9.09. The van der Waals surface area contributed by atoms with Gasteiger partial charge in [-0.2, -0.15) is 0 Å². The van der Waals surface area contributed by atoms with Gasteiger partial charge < -0.3 is 0 Å². The van der Waals surface area contributed by atoms with Gasteiger partial charge >= 0.3 is 0 Å². The van der Waals surface area contributed by atoms with Crippen molar-refractivity contribution in [1.82, 2.24) is 0 Å². The second-order valence-electron chi connectivity index (χ2n) is 4.41. The maximum atomic E-state index is 3.83. The maximum absolute atomic E-state index is 3.83. The zero-order valence-corrected chi connectivity index (χ0v) is 12.0. The van der Waals surface area contributed by atoms with E-state index in [1.54, 1.807) is 0 Å². The summed E-state index contributed by atoms with van der Waals surface area (Å²) in [5.41, 5.74) is 1.43. The predicted molar refractivity (Wildman–Crippen MR) is 69.5 cm³/mol. The first-order valence-electron chi connectivity index (χ1n) is 5.14. The van der Waals surface area contributed by atoms with Crippen molar-refractivity contribution in [3.8, 4) is 0 Å². The Balaban J connectivity index is 2.88. The average molecular weight is 275 g/mol. The van der Waals surface area contributed by atoms with E-state index >= 15 is 0 Å². The number of aryl methyl sites for hydroxylation is 2. The Morgan fingerprint density at radius 1 is 1.21 bits per heavy atom. The molecule has 0 saturated carbocycles. The molecular weight excluding hydrogens is 256 g/mol. The van der Waals surface area contributed by atoms with E-state index in [1.165, 1.54) is 15.3 Å². The van der Waals surface area contributed by atoms with E-state index in [1.807, 2.05) is 11.3 Å². The van der Waals surface area contributed by atoms with Gasteiger partial charge in [-0.1, -0.05) is 36.7 Å². The summed E-state index contributed by atoms with van der Waals surface area (Å²) in [7, 11) is 0. The topological polar surface area (TPSA) is 0 Å². The molecule has 0 bridgehead atoms. The Kier molecular flexibility index (Phi) is 4.20. The van der Waals surface area contributed by atoms with E-state index in [2.05, 4.69) is 56.6 Å². The van der Waals surface area contributed by atoms with E-state index in [0.717, 1.165) is 5.92 Å². The van der Waals surface area contributed by atoms with Crippen molar-refractivity contribution >= 4 is 27.3 Å². The fraction of sp³-hybridized carbons (Fsp3) is 0.667. The summed E-state index contributed by atoms with van der Waals surface area (Å²) >= 11 is 5.75. The van der Waals surface area contributed by atoms with Gasteiger partial charge in [-0.15, -0.1) is 11.3 Å². The van der Waals surface area contributed by atoms with Crippen LogP contribution >= 0.6 is 27.3 Å². The second-order valence-corrected chi connectivity index (χ2v) is 6.68. The van der Waals surface area contributed by atoms with Crippen LogP contribution in [0, 0.1) is 25.7 Å². The molecule has 2 unspecified atom stereocenters. The molecule has 14 heavy (non-hydrogen) atoms. The molecule has 1 aromatic rings. The molecule has 0 nitrogen and oxygen atoms in total. The van der Waals surface area contributed by atoms with Gasteiger partial charge in [-0.25, -0.2) is 0 Å². The zero-order valence-electron chi connectivity index (χ0n) is 9.60. The molecule has 2 heteroatoms. The second kappa shape index (κ2) is 4.80. The third-order valence-electron chi connectivity index (χ3n) is 2.84. The van der Waals surface area contributed by atoms with Gasteiger partial charge in [-0.3, -0.25) is 0 Å². The SMILES string of the molecule is Cc1cc(C)c(C(Br)C(C)C(C)C)s1. The summed E-state index contributed by atoms with van der Waals surface area (Å²) in [5.74, 6) is 1.41. The Morgan fingerprint density at radius 2 is 1.79 bits per heavy atom. The minimum Gasteiger partial charge on any atom is -0.144 e. The molecule has 0 aliphatic rings. The van der Waals surface area contributed by atoms with Crippen molar-refractivity contribution in [2.24, 2.45) is 11.8 Å². The molecular formula is C12H19BrS.